The number of benzene rings is 1. The first kappa shape index (κ1) is 14.9. The lowest BCUT2D eigenvalue weighted by Gasteiger charge is -2.10. The average Bonchev–Trinajstić information content (AvgIpc) is 3.26. The van der Waals surface area contributed by atoms with Crippen LogP contribution in [-0.4, -0.2) is 18.1 Å². The van der Waals surface area contributed by atoms with Gasteiger partial charge in [-0.3, -0.25) is 4.79 Å². The molecule has 0 spiro atoms. The van der Waals surface area contributed by atoms with Crippen LogP contribution in [0.1, 0.15) is 16.3 Å². The molecule has 3 aromatic rings. The van der Waals surface area contributed by atoms with Crippen LogP contribution in [0.5, 0.6) is 5.75 Å². The molecule has 6 heteroatoms. The molecule has 0 aliphatic heterocycles. The smallest absolute Gasteiger partial charge is 0.291 e. The van der Waals surface area contributed by atoms with Crippen molar-refractivity contribution in [3.8, 4) is 17.1 Å². The maximum Gasteiger partial charge on any atom is 0.291 e. The van der Waals surface area contributed by atoms with E-state index in [-0.39, 0.29) is 18.3 Å². The fourth-order valence-electron chi connectivity index (χ4n) is 2.19. The Balaban J connectivity index is 1.91. The second kappa shape index (κ2) is 6.41. The van der Waals surface area contributed by atoms with E-state index in [9.17, 15) is 4.79 Å². The van der Waals surface area contributed by atoms with Gasteiger partial charge in [-0.15, -0.1) is 0 Å². The quantitative estimate of drug-likeness (QED) is 0.755. The van der Waals surface area contributed by atoms with Crippen LogP contribution in [0.2, 0.25) is 0 Å². The molecule has 0 radical (unpaired) electrons. The van der Waals surface area contributed by atoms with Crippen LogP contribution in [-0.2, 0) is 6.61 Å². The SMILES string of the molecule is COc1ccc(NC(=O)c2ccco2)cc1-c1ccc(CO)o1. The Morgan fingerprint density at radius 1 is 1.26 bits per heavy atom. The number of nitrogens with one attached hydrogen (secondary N) is 1. The van der Waals surface area contributed by atoms with E-state index < -0.39 is 0 Å². The predicted octanol–water partition coefficient (Wildman–Crippen LogP) is 3.29. The number of amides is 1. The molecule has 23 heavy (non-hydrogen) atoms. The third-order valence-electron chi connectivity index (χ3n) is 3.29. The van der Waals surface area contributed by atoms with Crippen LogP contribution in [0, 0.1) is 0 Å². The van der Waals surface area contributed by atoms with E-state index in [1.165, 1.54) is 6.26 Å². The summed E-state index contributed by atoms with van der Waals surface area (Å²) < 4.78 is 15.9. The van der Waals surface area contributed by atoms with Gasteiger partial charge >= 0.3 is 0 Å². The van der Waals surface area contributed by atoms with Crippen molar-refractivity contribution in [2.24, 2.45) is 0 Å². The molecule has 118 valence electrons. The molecule has 6 nitrogen and oxygen atoms in total. The zero-order chi connectivity index (χ0) is 16.2. The fourth-order valence-corrected chi connectivity index (χ4v) is 2.19. The molecule has 0 saturated carbocycles. The lowest BCUT2D eigenvalue weighted by Crippen LogP contribution is -2.10. The van der Waals surface area contributed by atoms with Crippen molar-refractivity contribution < 1.29 is 23.5 Å². The highest BCUT2D eigenvalue weighted by molar-refractivity contribution is 6.02. The summed E-state index contributed by atoms with van der Waals surface area (Å²) in [6, 6.07) is 11.8. The fraction of sp³-hybridized carbons (Fsp3) is 0.118. The first-order valence-electron chi connectivity index (χ1n) is 6.94. The summed E-state index contributed by atoms with van der Waals surface area (Å²) in [5.74, 6) is 1.47. The van der Waals surface area contributed by atoms with E-state index in [1.54, 1.807) is 49.6 Å². The zero-order valence-electron chi connectivity index (χ0n) is 12.4. The van der Waals surface area contributed by atoms with E-state index in [1.807, 2.05) is 0 Å². The van der Waals surface area contributed by atoms with E-state index in [0.29, 0.717) is 28.5 Å². The predicted molar refractivity (Wildman–Crippen MR) is 83.3 cm³/mol. The third kappa shape index (κ3) is 3.12. The molecule has 1 aromatic carbocycles. The number of rotatable bonds is 5. The zero-order valence-corrected chi connectivity index (χ0v) is 12.4. The van der Waals surface area contributed by atoms with Gasteiger partial charge < -0.3 is 24.0 Å². The van der Waals surface area contributed by atoms with Crippen molar-refractivity contribution in [1.29, 1.82) is 0 Å². The van der Waals surface area contributed by atoms with Crippen molar-refractivity contribution in [3.05, 3.63) is 60.2 Å². The highest BCUT2D eigenvalue weighted by Gasteiger charge is 2.14. The van der Waals surface area contributed by atoms with Gasteiger partial charge in [0, 0.05) is 5.69 Å². The maximum atomic E-state index is 12.0. The maximum absolute atomic E-state index is 12.0. The highest BCUT2D eigenvalue weighted by Crippen LogP contribution is 2.33. The van der Waals surface area contributed by atoms with Gasteiger partial charge in [0.25, 0.3) is 5.91 Å². The summed E-state index contributed by atoms with van der Waals surface area (Å²) in [7, 11) is 1.55. The number of anilines is 1. The summed E-state index contributed by atoms with van der Waals surface area (Å²) >= 11 is 0. The normalized spacial score (nSPS) is 10.5. The van der Waals surface area contributed by atoms with Crippen molar-refractivity contribution in [1.82, 2.24) is 0 Å². The van der Waals surface area contributed by atoms with Crippen LogP contribution < -0.4 is 10.1 Å². The van der Waals surface area contributed by atoms with E-state index in [4.69, 9.17) is 18.7 Å². The molecule has 2 N–H and O–H groups in total. The Kier molecular flexibility index (Phi) is 4.16. The molecule has 0 bridgehead atoms. The summed E-state index contributed by atoms with van der Waals surface area (Å²) in [6.45, 7) is -0.183. The molecule has 0 aliphatic rings. The molecule has 2 aromatic heterocycles. The largest absolute Gasteiger partial charge is 0.496 e. The van der Waals surface area contributed by atoms with Crippen molar-refractivity contribution in [2.45, 2.75) is 6.61 Å². The molecule has 0 atom stereocenters. The van der Waals surface area contributed by atoms with Crippen LogP contribution in [0.4, 0.5) is 5.69 Å². The molecule has 1 amide bonds. The summed E-state index contributed by atoms with van der Waals surface area (Å²) in [5.41, 5.74) is 1.24. The Hall–Kier alpha value is -2.99. The molecule has 0 fully saturated rings. The van der Waals surface area contributed by atoms with Crippen molar-refractivity contribution >= 4 is 11.6 Å². The average molecular weight is 313 g/mol. The second-order valence-corrected chi connectivity index (χ2v) is 4.77. The number of aliphatic hydroxyl groups excluding tert-OH is 1. The van der Waals surface area contributed by atoms with Crippen LogP contribution >= 0.6 is 0 Å². The van der Waals surface area contributed by atoms with Crippen molar-refractivity contribution in [3.63, 3.8) is 0 Å². The number of carbonyl (C=O) groups is 1. The number of ether oxygens (including phenoxy) is 1. The molecule has 2 heterocycles. The molecular weight excluding hydrogens is 298 g/mol. The molecule has 0 saturated heterocycles. The van der Waals surface area contributed by atoms with Gasteiger partial charge in [-0.05, 0) is 42.5 Å². The van der Waals surface area contributed by atoms with Gasteiger partial charge in [-0.2, -0.15) is 0 Å². The van der Waals surface area contributed by atoms with Crippen LogP contribution in [0.25, 0.3) is 11.3 Å². The van der Waals surface area contributed by atoms with Crippen LogP contribution in [0.3, 0.4) is 0 Å². The van der Waals surface area contributed by atoms with Gasteiger partial charge in [0.2, 0.25) is 0 Å². The lowest BCUT2D eigenvalue weighted by molar-refractivity contribution is 0.0996. The van der Waals surface area contributed by atoms with E-state index in [2.05, 4.69) is 5.32 Å². The van der Waals surface area contributed by atoms with Gasteiger partial charge in [0.15, 0.2) is 5.76 Å². The van der Waals surface area contributed by atoms with Crippen molar-refractivity contribution in [2.75, 3.05) is 12.4 Å². The summed E-state index contributed by atoms with van der Waals surface area (Å²) in [5, 5.41) is 11.9. The molecular formula is C17H15NO5. The molecule has 3 rings (SSSR count). The Bertz CT molecular complexity index is 804. The monoisotopic (exact) mass is 313 g/mol. The van der Waals surface area contributed by atoms with Gasteiger partial charge in [0.1, 0.15) is 23.9 Å². The summed E-state index contributed by atoms with van der Waals surface area (Å²) in [6.07, 6.45) is 1.44. The highest BCUT2D eigenvalue weighted by atomic mass is 16.5. The minimum atomic E-state index is -0.346. The number of carbonyl (C=O) groups excluding carboxylic acids is 1. The Labute approximate surface area is 132 Å². The Morgan fingerprint density at radius 2 is 2.13 bits per heavy atom. The minimum Gasteiger partial charge on any atom is -0.496 e. The van der Waals surface area contributed by atoms with E-state index in [0.717, 1.165) is 0 Å². The minimum absolute atomic E-state index is 0.183. The Morgan fingerprint density at radius 3 is 2.78 bits per heavy atom. The second-order valence-electron chi connectivity index (χ2n) is 4.77. The number of aliphatic hydroxyl groups is 1. The van der Waals surface area contributed by atoms with Gasteiger partial charge in [-0.1, -0.05) is 0 Å². The number of furan rings is 2. The van der Waals surface area contributed by atoms with Gasteiger partial charge in [-0.25, -0.2) is 0 Å². The lowest BCUT2D eigenvalue weighted by atomic mass is 10.1. The van der Waals surface area contributed by atoms with Gasteiger partial charge in [0.05, 0.1) is 18.9 Å². The first-order chi connectivity index (χ1) is 11.2. The molecule has 0 unspecified atom stereocenters. The standard InChI is InChI=1S/C17H15NO5/c1-21-14-6-4-11(18-17(20)16-3-2-8-22-16)9-13(14)15-7-5-12(10-19)23-15/h2-9,19H,10H2,1H3,(H,18,20). The van der Waals surface area contributed by atoms with Crippen LogP contribution in [0.15, 0.2) is 57.6 Å². The number of methoxy groups -OCH3 is 1. The van der Waals surface area contributed by atoms with E-state index >= 15 is 0 Å². The first-order valence-corrected chi connectivity index (χ1v) is 6.94. The topological polar surface area (TPSA) is 84.8 Å². The number of hydrogen-bond donors (Lipinski definition) is 2. The third-order valence-corrected chi connectivity index (χ3v) is 3.29. The number of hydrogen-bond acceptors (Lipinski definition) is 5. The summed E-state index contributed by atoms with van der Waals surface area (Å²) in [4.78, 5) is 12.0. The molecule has 0 aliphatic carbocycles.